The Morgan fingerprint density at radius 3 is 2.75 bits per heavy atom. The van der Waals surface area contributed by atoms with Gasteiger partial charge in [-0.3, -0.25) is 14.5 Å². The number of hydrogen-bond donors (Lipinski definition) is 1. The number of nitrogens with zero attached hydrogens (tertiary/aromatic N) is 2. The van der Waals surface area contributed by atoms with Gasteiger partial charge in [0.2, 0.25) is 5.91 Å². The molecule has 6 nitrogen and oxygen atoms in total. The molecule has 3 heterocycles. The number of halogens is 1. The molecule has 2 aromatic rings. The SMILES string of the molecule is Cn1c(C(=O)N(C(=O)C2CCCNC2)C2CC2)cc2oc(Br)cc21. The molecule has 1 atom stereocenters. The van der Waals surface area contributed by atoms with Crippen LogP contribution in [0.1, 0.15) is 36.2 Å². The molecule has 0 radical (unpaired) electrons. The molecule has 1 N–H and O–H groups in total. The minimum atomic E-state index is -0.210. The van der Waals surface area contributed by atoms with Gasteiger partial charge in [-0.05, 0) is 48.2 Å². The van der Waals surface area contributed by atoms with E-state index in [4.69, 9.17) is 4.42 Å². The van der Waals surface area contributed by atoms with Crippen LogP contribution in [0.4, 0.5) is 0 Å². The second kappa shape index (κ2) is 6.04. The van der Waals surface area contributed by atoms with Crippen molar-refractivity contribution in [1.29, 1.82) is 0 Å². The molecule has 24 heavy (non-hydrogen) atoms. The number of carbonyl (C=O) groups excluding carboxylic acids is 2. The number of aromatic nitrogens is 1. The van der Waals surface area contributed by atoms with Crippen LogP contribution < -0.4 is 5.32 Å². The number of fused-ring (bicyclic) bond motifs is 1. The van der Waals surface area contributed by atoms with Crippen molar-refractivity contribution in [1.82, 2.24) is 14.8 Å². The van der Waals surface area contributed by atoms with E-state index in [1.807, 2.05) is 13.1 Å². The zero-order valence-corrected chi connectivity index (χ0v) is 15.1. The van der Waals surface area contributed by atoms with E-state index in [9.17, 15) is 9.59 Å². The van der Waals surface area contributed by atoms with Crippen LogP contribution in [0.5, 0.6) is 0 Å². The molecule has 0 aromatic carbocycles. The topological polar surface area (TPSA) is 67.5 Å². The van der Waals surface area contributed by atoms with Gasteiger partial charge in [0.05, 0.1) is 11.4 Å². The largest absolute Gasteiger partial charge is 0.448 e. The molecule has 2 aliphatic rings. The standard InChI is InChI=1S/C17H20BrN3O3/c1-20-12-8-15(18)24-14(12)7-13(20)17(23)21(11-4-5-11)16(22)10-3-2-6-19-9-10/h7-8,10-11,19H,2-6,9H2,1H3. The maximum absolute atomic E-state index is 13.1. The molecule has 2 aromatic heterocycles. The van der Waals surface area contributed by atoms with E-state index in [1.54, 1.807) is 10.6 Å². The highest BCUT2D eigenvalue weighted by Gasteiger charge is 2.41. The summed E-state index contributed by atoms with van der Waals surface area (Å²) in [6.45, 7) is 1.61. The fourth-order valence-corrected chi connectivity index (χ4v) is 3.84. The molecular weight excluding hydrogens is 374 g/mol. The number of rotatable bonds is 3. The number of aryl methyl sites for hydroxylation is 1. The predicted octanol–water partition coefficient (Wildman–Crippen LogP) is 2.66. The van der Waals surface area contributed by atoms with E-state index in [-0.39, 0.29) is 23.8 Å². The van der Waals surface area contributed by atoms with Crippen LogP contribution in [0.2, 0.25) is 0 Å². The molecule has 4 rings (SSSR count). The minimum Gasteiger partial charge on any atom is -0.448 e. The summed E-state index contributed by atoms with van der Waals surface area (Å²) in [4.78, 5) is 27.5. The fraction of sp³-hybridized carbons (Fsp3) is 0.529. The third-order valence-corrected chi connectivity index (χ3v) is 5.32. The Hall–Kier alpha value is -1.60. The second-order valence-corrected chi connectivity index (χ2v) is 7.46. The Kier molecular flexibility index (Phi) is 4.00. The van der Waals surface area contributed by atoms with Crippen molar-refractivity contribution in [2.75, 3.05) is 13.1 Å². The smallest absolute Gasteiger partial charge is 0.277 e. The summed E-state index contributed by atoms with van der Waals surface area (Å²) in [7, 11) is 1.83. The van der Waals surface area contributed by atoms with Crippen molar-refractivity contribution in [3.05, 3.63) is 22.5 Å². The quantitative estimate of drug-likeness (QED) is 0.813. The summed E-state index contributed by atoms with van der Waals surface area (Å²) < 4.78 is 7.97. The highest BCUT2D eigenvalue weighted by molar-refractivity contribution is 9.10. The summed E-state index contributed by atoms with van der Waals surface area (Å²) in [5.74, 6) is -0.340. The normalized spacial score (nSPS) is 21.2. The number of amides is 2. The first-order valence-corrected chi connectivity index (χ1v) is 9.18. The monoisotopic (exact) mass is 393 g/mol. The van der Waals surface area contributed by atoms with Crippen molar-refractivity contribution >= 4 is 38.8 Å². The molecule has 2 fully saturated rings. The maximum atomic E-state index is 13.1. The molecule has 1 aliphatic heterocycles. The van der Waals surface area contributed by atoms with Gasteiger partial charge in [-0.15, -0.1) is 0 Å². The van der Waals surface area contributed by atoms with Crippen molar-refractivity contribution in [3.8, 4) is 0 Å². The van der Waals surface area contributed by atoms with Crippen LogP contribution in [-0.2, 0) is 11.8 Å². The Morgan fingerprint density at radius 2 is 2.12 bits per heavy atom. The summed E-state index contributed by atoms with van der Waals surface area (Å²) in [6, 6.07) is 3.62. The molecule has 7 heteroatoms. The van der Waals surface area contributed by atoms with Crippen LogP contribution in [-0.4, -0.2) is 40.4 Å². The zero-order valence-electron chi connectivity index (χ0n) is 13.5. The Bertz CT molecular complexity index is 799. The summed E-state index contributed by atoms with van der Waals surface area (Å²) >= 11 is 3.30. The van der Waals surface area contributed by atoms with Gasteiger partial charge in [0.15, 0.2) is 10.3 Å². The third-order valence-electron chi connectivity index (χ3n) is 4.93. The van der Waals surface area contributed by atoms with Crippen LogP contribution in [0.25, 0.3) is 11.1 Å². The molecule has 0 spiro atoms. The number of carbonyl (C=O) groups is 2. The van der Waals surface area contributed by atoms with E-state index >= 15 is 0 Å². The average Bonchev–Trinajstić information content (AvgIpc) is 3.27. The Labute approximate surface area is 148 Å². The van der Waals surface area contributed by atoms with Crippen LogP contribution >= 0.6 is 15.9 Å². The van der Waals surface area contributed by atoms with Crippen molar-refractivity contribution in [2.45, 2.75) is 31.7 Å². The van der Waals surface area contributed by atoms with Crippen molar-refractivity contribution < 1.29 is 14.0 Å². The molecule has 1 aliphatic carbocycles. The van der Waals surface area contributed by atoms with Gasteiger partial charge in [0, 0.05) is 31.8 Å². The Balaban J connectivity index is 1.64. The third kappa shape index (κ3) is 2.69. The van der Waals surface area contributed by atoms with E-state index in [0.717, 1.165) is 37.7 Å². The van der Waals surface area contributed by atoms with Crippen LogP contribution in [0.15, 0.2) is 21.2 Å². The zero-order chi connectivity index (χ0) is 16.8. The van der Waals surface area contributed by atoms with Gasteiger partial charge < -0.3 is 14.3 Å². The summed E-state index contributed by atoms with van der Waals surface area (Å²) in [5.41, 5.74) is 1.99. The van der Waals surface area contributed by atoms with Crippen LogP contribution in [0, 0.1) is 5.92 Å². The second-order valence-electron chi connectivity index (χ2n) is 6.68. The Morgan fingerprint density at radius 1 is 1.33 bits per heavy atom. The molecule has 1 saturated carbocycles. The number of piperidine rings is 1. The minimum absolute atomic E-state index is 0.0336. The number of nitrogens with one attached hydrogen (secondary N) is 1. The number of furan rings is 1. The molecule has 0 bridgehead atoms. The van der Waals surface area contributed by atoms with Gasteiger partial charge >= 0.3 is 0 Å². The van der Waals surface area contributed by atoms with Gasteiger partial charge in [0.1, 0.15) is 5.69 Å². The highest BCUT2D eigenvalue weighted by Crippen LogP contribution is 2.32. The molecule has 1 unspecified atom stereocenters. The first-order valence-electron chi connectivity index (χ1n) is 8.39. The predicted molar refractivity (Wildman–Crippen MR) is 92.7 cm³/mol. The lowest BCUT2D eigenvalue weighted by Gasteiger charge is -2.28. The molecular formula is C17H20BrN3O3. The van der Waals surface area contributed by atoms with E-state index in [2.05, 4.69) is 21.2 Å². The highest BCUT2D eigenvalue weighted by atomic mass is 79.9. The maximum Gasteiger partial charge on any atom is 0.277 e. The average molecular weight is 394 g/mol. The fourth-order valence-electron chi connectivity index (χ4n) is 3.45. The van der Waals surface area contributed by atoms with E-state index < -0.39 is 0 Å². The first kappa shape index (κ1) is 15.9. The lowest BCUT2D eigenvalue weighted by molar-refractivity contribution is -0.133. The summed E-state index contributed by atoms with van der Waals surface area (Å²) in [5, 5.41) is 3.26. The van der Waals surface area contributed by atoms with Crippen molar-refractivity contribution in [3.63, 3.8) is 0 Å². The van der Waals surface area contributed by atoms with Crippen LogP contribution in [0.3, 0.4) is 0 Å². The van der Waals surface area contributed by atoms with Gasteiger partial charge in [-0.2, -0.15) is 0 Å². The molecule has 128 valence electrons. The van der Waals surface area contributed by atoms with E-state index in [1.165, 1.54) is 4.90 Å². The number of hydrogen-bond acceptors (Lipinski definition) is 4. The first-order chi connectivity index (χ1) is 11.6. The van der Waals surface area contributed by atoms with Gasteiger partial charge in [-0.1, -0.05) is 0 Å². The summed E-state index contributed by atoms with van der Waals surface area (Å²) in [6.07, 6.45) is 3.65. The van der Waals surface area contributed by atoms with E-state index in [0.29, 0.717) is 22.5 Å². The molecule has 1 saturated heterocycles. The van der Waals surface area contributed by atoms with Crippen molar-refractivity contribution in [2.24, 2.45) is 13.0 Å². The lowest BCUT2D eigenvalue weighted by Crippen LogP contribution is -2.47. The van der Waals surface area contributed by atoms with Gasteiger partial charge in [-0.25, -0.2) is 0 Å². The van der Waals surface area contributed by atoms with Gasteiger partial charge in [0.25, 0.3) is 5.91 Å². The number of imide groups is 1. The molecule has 2 amide bonds. The lowest BCUT2D eigenvalue weighted by atomic mass is 9.98.